The summed E-state index contributed by atoms with van der Waals surface area (Å²) in [5, 5.41) is 19.4. The number of aliphatic hydroxyl groups is 1. The zero-order valence-electron chi connectivity index (χ0n) is 10.7. The lowest BCUT2D eigenvalue weighted by molar-refractivity contribution is 0.126. The van der Waals surface area contributed by atoms with Gasteiger partial charge in [0.1, 0.15) is 0 Å². The lowest BCUT2D eigenvalue weighted by Gasteiger charge is -2.39. The van der Waals surface area contributed by atoms with E-state index in [2.05, 4.69) is 21.2 Å². The molecule has 2 saturated heterocycles. The second-order valence-electron chi connectivity index (χ2n) is 5.66. The van der Waals surface area contributed by atoms with E-state index in [1.807, 2.05) is 24.4 Å². The molecule has 1 aromatic carbocycles. The molecule has 2 fully saturated rings. The van der Waals surface area contributed by atoms with Gasteiger partial charge in [-0.05, 0) is 31.7 Å². The third-order valence-corrected chi connectivity index (χ3v) is 4.51. The van der Waals surface area contributed by atoms with Crippen LogP contribution in [0.1, 0.15) is 25.7 Å². The van der Waals surface area contributed by atoms with Gasteiger partial charge < -0.3 is 10.0 Å². The largest absolute Gasteiger partial charge is 0.393 e. The number of hydrogen-bond acceptors (Lipinski definition) is 4. The van der Waals surface area contributed by atoms with Gasteiger partial charge in [0.05, 0.1) is 23.5 Å². The first-order chi connectivity index (χ1) is 9.33. The standard InChI is InChI=1S/C15H17N3O/c19-12-7-10-5-6-11(8-12)18(10)15-9-16-17-14-4-2-1-3-13(14)15/h1-4,9-12,19H,5-8H2. The van der Waals surface area contributed by atoms with Crippen molar-refractivity contribution in [1.82, 2.24) is 10.2 Å². The molecule has 2 unspecified atom stereocenters. The predicted octanol–water partition coefficient (Wildman–Crippen LogP) is 2.12. The second-order valence-corrected chi connectivity index (χ2v) is 5.66. The van der Waals surface area contributed by atoms with Gasteiger partial charge in [0.2, 0.25) is 0 Å². The summed E-state index contributed by atoms with van der Waals surface area (Å²) < 4.78 is 0. The van der Waals surface area contributed by atoms with E-state index in [1.165, 1.54) is 23.9 Å². The summed E-state index contributed by atoms with van der Waals surface area (Å²) in [5.41, 5.74) is 2.13. The number of rotatable bonds is 1. The summed E-state index contributed by atoms with van der Waals surface area (Å²) in [5.74, 6) is 0. The molecule has 2 aliphatic heterocycles. The Balaban J connectivity index is 1.83. The third-order valence-electron chi connectivity index (χ3n) is 4.51. The molecule has 3 heterocycles. The maximum Gasteiger partial charge on any atom is 0.0950 e. The number of fused-ring (bicyclic) bond motifs is 3. The van der Waals surface area contributed by atoms with Crippen molar-refractivity contribution in [3.05, 3.63) is 30.5 Å². The van der Waals surface area contributed by atoms with Crippen LogP contribution in [-0.2, 0) is 0 Å². The molecule has 0 amide bonds. The fourth-order valence-corrected chi connectivity index (χ4v) is 3.74. The monoisotopic (exact) mass is 255 g/mol. The SMILES string of the molecule is OC1CC2CCC(C1)N2c1cnnc2ccccc12. The van der Waals surface area contributed by atoms with Crippen molar-refractivity contribution in [1.29, 1.82) is 0 Å². The maximum atomic E-state index is 9.91. The molecule has 1 N–H and O–H groups in total. The highest BCUT2D eigenvalue weighted by Gasteiger charge is 2.40. The Morgan fingerprint density at radius 1 is 1.11 bits per heavy atom. The van der Waals surface area contributed by atoms with Crippen LogP contribution in [0.25, 0.3) is 10.9 Å². The molecule has 2 bridgehead atoms. The Hall–Kier alpha value is -1.68. The lowest BCUT2D eigenvalue weighted by Crippen LogP contribution is -2.45. The number of benzene rings is 1. The Kier molecular flexibility index (Phi) is 2.45. The summed E-state index contributed by atoms with van der Waals surface area (Å²) >= 11 is 0. The number of piperidine rings is 1. The summed E-state index contributed by atoms with van der Waals surface area (Å²) in [7, 11) is 0. The smallest absolute Gasteiger partial charge is 0.0950 e. The molecule has 2 aliphatic rings. The molecule has 0 aliphatic carbocycles. The fourth-order valence-electron chi connectivity index (χ4n) is 3.74. The fraction of sp³-hybridized carbons (Fsp3) is 0.467. The first-order valence-corrected chi connectivity index (χ1v) is 7.00. The lowest BCUT2D eigenvalue weighted by atomic mass is 9.98. The molecule has 0 radical (unpaired) electrons. The van der Waals surface area contributed by atoms with E-state index in [4.69, 9.17) is 0 Å². The number of hydrogen-bond donors (Lipinski definition) is 1. The third kappa shape index (κ3) is 1.70. The minimum atomic E-state index is -0.130. The molecular weight excluding hydrogens is 238 g/mol. The first-order valence-electron chi connectivity index (χ1n) is 7.00. The van der Waals surface area contributed by atoms with E-state index in [-0.39, 0.29) is 6.10 Å². The van der Waals surface area contributed by atoms with Crippen LogP contribution >= 0.6 is 0 Å². The molecule has 2 aromatic rings. The van der Waals surface area contributed by atoms with E-state index in [1.54, 1.807) is 0 Å². The minimum absolute atomic E-state index is 0.130. The van der Waals surface area contributed by atoms with Crippen molar-refractivity contribution in [2.24, 2.45) is 0 Å². The van der Waals surface area contributed by atoms with Gasteiger partial charge in [-0.3, -0.25) is 0 Å². The van der Waals surface area contributed by atoms with Gasteiger partial charge in [0.15, 0.2) is 0 Å². The summed E-state index contributed by atoms with van der Waals surface area (Å²) in [6.07, 6.45) is 5.87. The highest BCUT2D eigenvalue weighted by Crippen LogP contribution is 2.41. The van der Waals surface area contributed by atoms with Crippen LogP contribution in [0.3, 0.4) is 0 Å². The molecule has 0 saturated carbocycles. The maximum absolute atomic E-state index is 9.91. The molecular formula is C15H17N3O. The van der Waals surface area contributed by atoms with Gasteiger partial charge in [-0.25, -0.2) is 0 Å². The number of anilines is 1. The first kappa shape index (κ1) is 11.2. The van der Waals surface area contributed by atoms with Crippen LogP contribution in [0.2, 0.25) is 0 Å². The Morgan fingerprint density at radius 2 is 1.84 bits per heavy atom. The quantitative estimate of drug-likeness (QED) is 0.848. The zero-order valence-corrected chi connectivity index (χ0v) is 10.7. The van der Waals surface area contributed by atoms with Crippen LogP contribution in [0, 0.1) is 0 Å². The van der Waals surface area contributed by atoms with Crippen LogP contribution in [0.5, 0.6) is 0 Å². The van der Waals surface area contributed by atoms with Crippen LogP contribution < -0.4 is 4.90 Å². The normalized spacial score (nSPS) is 29.9. The van der Waals surface area contributed by atoms with Crippen molar-refractivity contribution in [3.63, 3.8) is 0 Å². The van der Waals surface area contributed by atoms with E-state index in [0.717, 1.165) is 18.4 Å². The molecule has 4 nitrogen and oxygen atoms in total. The highest BCUT2D eigenvalue weighted by atomic mass is 16.3. The molecule has 19 heavy (non-hydrogen) atoms. The molecule has 4 rings (SSSR count). The average molecular weight is 255 g/mol. The van der Waals surface area contributed by atoms with Crippen molar-refractivity contribution in [2.75, 3.05) is 4.90 Å². The highest BCUT2D eigenvalue weighted by molar-refractivity contribution is 5.91. The molecule has 1 aromatic heterocycles. The van der Waals surface area contributed by atoms with Crippen molar-refractivity contribution in [3.8, 4) is 0 Å². The van der Waals surface area contributed by atoms with Crippen LogP contribution in [-0.4, -0.2) is 33.5 Å². The van der Waals surface area contributed by atoms with E-state index >= 15 is 0 Å². The van der Waals surface area contributed by atoms with Crippen molar-refractivity contribution < 1.29 is 5.11 Å². The van der Waals surface area contributed by atoms with Crippen molar-refractivity contribution in [2.45, 2.75) is 43.9 Å². The predicted molar refractivity (Wildman–Crippen MR) is 74.1 cm³/mol. The van der Waals surface area contributed by atoms with Gasteiger partial charge in [0.25, 0.3) is 0 Å². The molecule has 0 spiro atoms. The van der Waals surface area contributed by atoms with Crippen molar-refractivity contribution >= 4 is 16.6 Å². The van der Waals surface area contributed by atoms with Gasteiger partial charge in [0, 0.05) is 17.5 Å². The second kappa shape index (κ2) is 4.17. The Labute approximate surface area is 112 Å². The number of aliphatic hydroxyl groups excluding tert-OH is 1. The average Bonchev–Trinajstić information content (AvgIpc) is 2.70. The number of aromatic nitrogens is 2. The minimum Gasteiger partial charge on any atom is -0.393 e. The van der Waals surface area contributed by atoms with Crippen LogP contribution in [0.4, 0.5) is 5.69 Å². The van der Waals surface area contributed by atoms with Gasteiger partial charge in [-0.15, -0.1) is 0 Å². The van der Waals surface area contributed by atoms with E-state index in [0.29, 0.717) is 12.1 Å². The van der Waals surface area contributed by atoms with Gasteiger partial charge >= 0.3 is 0 Å². The Morgan fingerprint density at radius 3 is 2.63 bits per heavy atom. The summed E-state index contributed by atoms with van der Waals surface area (Å²) in [6, 6.07) is 9.09. The summed E-state index contributed by atoms with van der Waals surface area (Å²) in [4.78, 5) is 2.48. The Bertz CT molecular complexity index is 596. The number of nitrogens with zero attached hydrogens (tertiary/aromatic N) is 3. The molecule has 98 valence electrons. The zero-order chi connectivity index (χ0) is 12.8. The van der Waals surface area contributed by atoms with Gasteiger partial charge in [-0.2, -0.15) is 10.2 Å². The van der Waals surface area contributed by atoms with Crippen LogP contribution in [0.15, 0.2) is 30.5 Å². The van der Waals surface area contributed by atoms with E-state index < -0.39 is 0 Å². The van der Waals surface area contributed by atoms with E-state index in [9.17, 15) is 5.11 Å². The molecule has 4 heteroatoms. The van der Waals surface area contributed by atoms with Gasteiger partial charge in [-0.1, -0.05) is 18.2 Å². The molecule has 2 atom stereocenters. The summed E-state index contributed by atoms with van der Waals surface area (Å²) in [6.45, 7) is 0. The topological polar surface area (TPSA) is 49.2 Å².